The smallest absolute Gasteiger partial charge is 0.314 e. The molecule has 1 N–H and O–H groups in total. The molecular formula is C13H16F3NS. The van der Waals surface area contributed by atoms with E-state index in [0.29, 0.717) is 17.2 Å². The van der Waals surface area contributed by atoms with Gasteiger partial charge in [-0.3, -0.25) is 0 Å². The Bertz CT molecular complexity index is 430. The maximum atomic E-state index is 12.7. The Balaban J connectivity index is 1.96. The lowest BCUT2D eigenvalue weighted by Crippen LogP contribution is -2.16. The minimum Gasteiger partial charge on any atom is -0.314 e. The maximum Gasteiger partial charge on any atom is 0.417 e. The molecule has 0 bridgehead atoms. The Kier molecular flexibility index (Phi) is 4.12. The first-order valence-electron chi connectivity index (χ1n) is 6.02. The van der Waals surface area contributed by atoms with Crippen molar-refractivity contribution in [2.75, 3.05) is 6.54 Å². The van der Waals surface area contributed by atoms with Gasteiger partial charge in [0, 0.05) is 11.4 Å². The van der Waals surface area contributed by atoms with Crippen molar-refractivity contribution >= 4 is 16.9 Å². The van der Waals surface area contributed by atoms with E-state index in [1.54, 1.807) is 12.3 Å². The molecule has 0 unspecified atom stereocenters. The minimum atomic E-state index is -4.25. The second kappa shape index (κ2) is 5.45. The fraction of sp³-hybridized carbons (Fsp3) is 0.538. The number of thiophene rings is 1. The summed E-state index contributed by atoms with van der Waals surface area (Å²) >= 11 is 1.10. The molecule has 0 amide bonds. The van der Waals surface area contributed by atoms with Crippen LogP contribution >= 0.6 is 11.3 Å². The highest BCUT2D eigenvalue weighted by molar-refractivity contribution is 7.08. The molecule has 0 aliphatic heterocycles. The van der Waals surface area contributed by atoms with E-state index < -0.39 is 11.7 Å². The van der Waals surface area contributed by atoms with Crippen LogP contribution in [0.2, 0.25) is 0 Å². The van der Waals surface area contributed by atoms with E-state index in [1.165, 1.54) is 18.2 Å². The zero-order valence-corrected chi connectivity index (χ0v) is 11.0. The van der Waals surface area contributed by atoms with E-state index in [4.69, 9.17) is 0 Å². The van der Waals surface area contributed by atoms with Crippen LogP contribution in [-0.2, 0) is 6.18 Å². The highest BCUT2D eigenvalue weighted by atomic mass is 32.1. The van der Waals surface area contributed by atoms with Crippen molar-refractivity contribution in [2.45, 2.75) is 38.4 Å². The van der Waals surface area contributed by atoms with Gasteiger partial charge in [0.1, 0.15) is 0 Å². The normalized spacial score (nSPS) is 17.2. The highest BCUT2D eigenvalue weighted by Crippen LogP contribution is 2.37. The summed E-state index contributed by atoms with van der Waals surface area (Å²) in [6, 6.07) is 0.644. The molecule has 0 radical (unpaired) electrons. The van der Waals surface area contributed by atoms with Gasteiger partial charge >= 0.3 is 6.18 Å². The summed E-state index contributed by atoms with van der Waals surface area (Å²) in [6.07, 6.45) is 0.857. The van der Waals surface area contributed by atoms with E-state index in [-0.39, 0.29) is 0 Å². The molecule has 0 saturated heterocycles. The molecule has 1 aliphatic rings. The van der Waals surface area contributed by atoms with Gasteiger partial charge in [-0.25, -0.2) is 0 Å². The van der Waals surface area contributed by atoms with E-state index in [2.05, 4.69) is 5.32 Å². The van der Waals surface area contributed by atoms with Crippen LogP contribution in [0.4, 0.5) is 13.2 Å². The predicted molar refractivity (Wildman–Crippen MR) is 68.6 cm³/mol. The number of allylic oxidation sites excluding steroid dienone is 1. The molecule has 2 rings (SSSR count). The molecule has 1 aromatic heterocycles. The van der Waals surface area contributed by atoms with Crippen molar-refractivity contribution in [3.05, 3.63) is 28.0 Å². The third kappa shape index (κ3) is 3.59. The van der Waals surface area contributed by atoms with Gasteiger partial charge in [-0.1, -0.05) is 6.08 Å². The summed E-state index contributed by atoms with van der Waals surface area (Å²) in [5, 5.41) is 6.09. The maximum absolute atomic E-state index is 12.7. The lowest BCUT2D eigenvalue weighted by Gasteiger charge is -2.08. The van der Waals surface area contributed by atoms with Gasteiger partial charge in [-0.05, 0) is 49.2 Å². The van der Waals surface area contributed by atoms with Gasteiger partial charge in [0.2, 0.25) is 0 Å². The molecule has 1 nitrogen and oxygen atoms in total. The third-order valence-electron chi connectivity index (χ3n) is 3.00. The topological polar surface area (TPSA) is 12.0 Å². The SMILES string of the molecule is C/C(=C/CCNC1CC1)c1cscc1C(F)(F)F. The van der Waals surface area contributed by atoms with Crippen molar-refractivity contribution < 1.29 is 13.2 Å². The number of hydrogen-bond acceptors (Lipinski definition) is 2. The summed E-state index contributed by atoms with van der Waals surface area (Å²) in [7, 11) is 0. The predicted octanol–water partition coefficient (Wildman–Crippen LogP) is 4.31. The van der Waals surface area contributed by atoms with Crippen molar-refractivity contribution in [1.29, 1.82) is 0 Å². The van der Waals surface area contributed by atoms with E-state index in [9.17, 15) is 13.2 Å². The Morgan fingerprint density at radius 3 is 2.78 bits per heavy atom. The van der Waals surface area contributed by atoms with Gasteiger partial charge in [-0.2, -0.15) is 24.5 Å². The van der Waals surface area contributed by atoms with Crippen molar-refractivity contribution in [3.8, 4) is 0 Å². The van der Waals surface area contributed by atoms with Crippen LogP contribution in [0.1, 0.15) is 37.3 Å². The molecule has 0 atom stereocenters. The minimum absolute atomic E-state index is 0.318. The Labute approximate surface area is 109 Å². The van der Waals surface area contributed by atoms with Gasteiger partial charge in [0.25, 0.3) is 0 Å². The fourth-order valence-electron chi connectivity index (χ4n) is 1.80. The second-order valence-corrected chi connectivity index (χ2v) is 5.34. The van der Waals surface area contributed by atoms with Gasteiger partial charge in [0.05, 0.1) is 5.56 Å². The Morgan fingerprint density at radius 1 is 1.44 bits per heavy atom. The van der Waals surface area contributed by atoms with Crippen LogP contribution < -0.4 is 5.32 Å². The number of nitrogens with one attached hydrogen (secondary N) is 1. The number of hydrogen-bond donors (Lipinski definition) is 1. The van der Waals surface area contributed by atoms with Crippen LogP contribution in [0.3, 0.4) is 0 Å². The first kappa shape index (κ1) is 13.6. The van der Waals surface area contributed by atoms with Crippen LogP contribution in [0.15, 0.2) is 16.8 Å². The molecule has 5 heteroatoms. The quantitative estimate of drug-likeness (QED) is 0.789. The molecule has 1 heterocycles. The number of alkyl halides is 3. The highest BCUT2D eigenvalue weighted by Gasteiger charge is 2.34. The lowest BCUT2D eigenvalue weighted by atomic mass is 10.1. The first-order chi connectivity index (χ1) is 8.48. The third-order valence-corrected chi connectivity index (χ3v) is 3.74. The van der Waals surface area contributed by atoms with Crippen molar-refractivity contribution in [3.63, 3.8) is 0 Å². The average Bonchev–Trinajstić information content (AvgIpc) is 2.95. The van der Waals surface area contributed by atoms with Crippen molar-refractivity contribution in [1.82, 2.24) is 5.32 Å². The van der Waals surface area contributed by atoms with Gasteiger partial charge < -0.3 is 5.32 Å². The molecule has 1 saturated carbocycles. The van der Waals surface area contributed by atoms with Gasteiger partial charge in [-0.15, -0.1) is 0 Å². The number of rotatable bonds is 5. The van der Waals surface area contributed by atoms with E-state index >= 15 is 0 Å². The zero-order valence-electron chi connectivity index (χ0n) is 10.2. The average molecular weight is 275 g/mol. The van der Waals surface area contributed by atoms with E-state index in [0.717, 1.165) is 24.3 Å². The molecule has 18 heavy (non-hydrogen) atoms. The molecule has 1 fully saturated rings. The first-order valence-corrected chi connectivity index (χ1v) is 6.96. The lowest BCUT2D eigenvalue weighted by molar-refractivity contribution is -0.137. The molecule has 0 aromatic carbocycles. The standard InChI is InChI=1S/C13H16F3NS/c1-9(3-2-6-17-10-4-5-10)11-7-18-8-12(11)13(14,15)16/h3,7-8,10,17H,2,4-6H2,1H3/b9-3-. The Morgan fingerprint density at radius 2 is 2.17 bits per heavy atom. The molecule has 1 aliphatic carbocycles. The molecule has 0 spiro atoms. The van der Waals surface area contributed by atoms with Crippen LogP contribution in [0.5, 0.6) is 0 Å². The summed E-state index contributed by atoms with van der Waals surface area (Å²) in [5.74, 6) is 0. The van der Waals surface area contributed by atoms with Crippen LogP contribution in [-0.4, -0.2) is 12.6 Å². The zero-order chi connectivity index (χ0) is 13.2. The van der Waals surface area contributed by atoms with Gasteiger partial charge in [0.15, 0.2) is 0 Å². The van der Waals surface area contributed by atoms with Crippen molar-refractivity contribution in [2.24, 2.45) is 0 Å². The summed E-state index contributed by atoms with van der Waals surface area (Å²) in [4.78, 5) is 0. The molecular weight excluding hydrogens is 259 g/mol. The summed E-state index contributed by atoms with van der Waals surface area (Å²) < 4.78 is 38.1. The van der Waals surface area contributed by atoms with E-state index in [1.807, 2.05) is 6.08 Å². The summed E-state index contributed by atoms with van der Waals surface area (Å²) in [5.41, 5.74) is 0.511. The van der Waals surface area contributed by atoms with Crippen LogP contribution in [0.25, 0.3) is 5.57 Å². The molecule has 100 valence electrons. The monoisotopic (exact) mass is 275 g/mol. The largest absolute Gasteiger partial charge is 0.417 e. The fourth-order valence-corrected chi connectivity index (χ4v) is 2.71. The number of halogens is 3. The molecule has 1 aromatic rings. The Hall–Kier alpha value is -0.810. The summed E-state index contributed by atoms with van der Waals surface area (Å²) in [6.45, 7) is 2.59. The second-order valence-electron chi connectivity index (χ2n) is 4.60. The van der Waals surface area contributed by atoms with Crippen LogP contribution in [0, 0.1) is 0 Å².